The Kier molecular flexibility index (Phi) is 12.4. The lowest BCUT2D eigenvalue weighted by Gasteiger charge is -2.22. The molecule has 0 aliphatic heterocycles. The summed E-state index contributed by atoms with van der Waals surface area (Å²) in [5.41, 5.74) is 1.30. The molecule has 0 saturated carbocycles. The van der Waals surface area contributed by atoms with Gasteiger partial charge in [0.05, 0.1) is 0 Å². The number of benzene rings is 1. The van der Waals surface area contributed by atoms with Gasteiger partial charge < -0.3 is 10.2 Å². The zero-order valence-corrected chi connectivity index (χ0v) is 17.2. The van der Waals surface area contributed by atoms with Crippen molar-refractivity contribution in [2.75, 3.05) is 38.9 Å². The van der Waals surface area contributed by atoms with Gasteiger partial charge in [-0.05, 0) is 42.4 Å². The van der Waals surface area contributed by atoms with E-state index in [0.29, 0.717) is 0 Å². The highest BCUT2D eigenvalue weighted by atomic mass is 127. The second-order valence-electron chi connectivity index (χ2n) is 4.52. The van der Waals surface area contributed by atoms with Crippen LogP contribution in [0.3, 0.4) is 0 Å². The number of hydrogen-bond acceptors (Lipinski definition) is 3. The van der Waals surface area contributed by atoms with Crippen LogP contribution >= 0.6 is 47.5 Å². The third-order valence-electron chi connectivity index (χ3n) is 2.96. The molecule has 1 aromatic carbocycles. The fraction of sp³-hybridized carbons (Fsp3) is 0.533. The van der Waals surface area contributed by atoms with Crippen molar-refractivity contribution in [3.05, 3.63) is 29.8 Å². The predicted octanol–water partition coefficient (Wildman–Crippen LogP) is 3.79. The maximum atomic E-state index is 4.34. The molecule has 0 aromatic heterocycles. The predicted molar refractivity (Wildman–Crippen MR) is 109 cm³/mol. The van der Waals surface area contributed by atoms with Gasteiger partial charge in [0.1, 0.15) is 0 Å². The van der Waals surface area contributed by atoms with Gasteiger partial charge in [0.25, 0.3) is 0 Å². The normalized spacial score (nSPS) is 11.0. The third-order valence-corrected chi connectivity index (χ3v) is 4.40. The van der Waals surface area contributed by atoms with Crippen LogP contribution in [0.15, 0.2) is 34.2 Å². The van der Waals surface area contributed by atoms with Gasteiger partial charge in [0.2, 0.25) is 0 Å². The van der Waals surface area contributed by atoms with Crippen LogP contribution in [0.5, 0.6) is 0 Å². The SMILES string of the molecule is CN=C(NCCCSC)N(C)Cc1ccc(SC)cc1.I. The number of nitrogens with one attached hydrogen (secondary N) is 1. The Morgan fingerprint density at radius 1 is 1.24 bits per heavy atom. The monoisotopic (exact) mass is 439 g/mol. The van der Waals surface area contributed by atoms with E-state index in [-0.39, 0.29) is 24.0 Å². The van der Waals surface area contributed by atoms with Gasteiger partial charge in [-0.25, -0.2) is 0 Å². The molecule has 0 saturated heterocycles. The van der Waals surface area contributed by atoms with Crippen LogP contribution in [-0.2, 0) is 6.54 Å². The van der Waals surface area contributed by atoms with Crippen molar-refractivity contribution >= 4 is 53.5 Å². The maximum absolute atomic E-state index is 4.34. The molecule has 0 radical (unpaired) electrons. The van der Waals surface area contributed by atoms with Crippen molar-refractivity contribution in [3.63, 3.8) is 0 Å². The minimum absolute atomic E-state index is 0. The highest BCUT2D eigenvalue weighted by molar-refractivity contribution is 14.0. The summed E-state index contributed by atoms with van der Waals surface area (Å²) in [6, 6.07) is 8.71. The minimum Gasteiger partial charge on any atom is -0.356 e. The molecule has 0 bridgehead atoms. The van der Waals surface area contributed by atoms with Crippen LogP contribution in [0.4, 0.5) is 0 Å². The van der Waals surface area contributed by atoms with Crippen LogP contribution in [0.25, 0.3) is 0 Å². The summed E-state index contributed by atoms with van der Waals surface area (Å²) in [6.45, 7) is 1.85. The lowest BCUT2D eigenvalue weighted by molar-refractivity contribution is 0.477. The number of nitrogens with zero attached hydrogens (tertiary/aromatic N) is 2. The number of thioether (sulfide) groups is 2. The molecule has 6 heteroatoms. The molecule has 21 heavy (non-hydrogen) atoms. The second kappa shape index (κ2) is 12.5. The number of halogens is 1. The lowest BCUT2D eigenvalue weighted by atomic mass is 10.2. The molecule has 1 rings (SSSR count). The molecular formula is C15H26IN3S2. The summed E-state index contributed by atoms with van der Waals surface area (Å²) in [5.74, 6) is 2.14. The maximum Gasteiger partial charge on any atom is 0.193 e. The van der Waals surface area contributed by atoms with E-state index in [2.05, 4.69) is 59.0 Å². The molecule has 120 valence electrons. The van der Waals surface area contributed by atoms with Crippen LogP contribution in [0, 0.1) is 0 Å². The van der Waals surface area contributed by atoms with Gasteiger partial charge in [0.15, 0.2) is 5.96 Å². The Morgan fingerprint density at radius 2 is 1.90 bits per heavy atom. The largest absolute Gasteiger partial charge is 0.356 e. The zero-order chi connectivity index (χ0) is 14.8. The fourth-order valence-electron chi connectivity index (χ4n) is 1.88. The summed E-state index contributed by atoms with van der Waals surface area (Å²) in [4.78, 5) is 7.80. The Bertz CT molecular complexity index is 410. The summed E-state index contributed by atoms with van der Waals surface area (Å²) in [6.07, 6.45) is 5.40. The standard InChI is InChI=1S/C15H25N3S2.HI/c1-16-15(17-10-5-11-19-3)18(2)12-13-6-8-14(20-4)9-7-13;/h6-9H,5,10-12H2,1-4H3,(H,16,17);1H. The number of hydrogen-bond donors (Lipinski definition) is 1. The average molecular weight is 439 g/mol. The summed E-state index contributed by atoms with van der Waals surface area (Å²) >= 11 is 3.65. The fourth-order valence-corrected chi connectivity index (χ4v) is 2.72. The van der Waals surface area contributed by atoms with Gasteiger partial charge in [0, 0.05) is 32.1 Å². The van der Waals surface area contributed by atoms with Crippen molar-refractivity contribution in [2.24, 2.45) is 4.99 Å². The van der Waals surface area contributed by atoms with E-state index in [1.807, 2.05) is 18.8 Å². The average Bonchev–Trinajstić information content (AvgIpc) is 2.48. The van der Waals surface area contributed by atoms with Crippen LogP contribution < -0.4 is 5.32 Å². The van der Waals surface area contributed by atoms with Crippen molar-refractivity contribution in [3.8, 4) is 0 Å². The van der Waals surface area contributed by atoms with E-state index in [9.17, 15) is 0 Å². The van der Waals surface area contributed by atoms with Crippen LogP contribution in [-0.4, -0.2) is 49.8 Å². The van der Waals surface area contributed by atoms with E-state index >= 15 is 0 Å². The molecule has 1 aromatic rings. The molecule has 0 unspecified atom stereocenters. The van der Waals surface area contributed by atoms with Crippen LogP contribution in [0.1, 0.15) is 12.0 Å². The molecule has 0 fully saturated rings. The second-order valence-corrected chi connectivity index (χ2v) is 6.39. The molecule has 1 N–H and O–H groups in total. The molecule has 0 atom stereocenters. The molecule has 0 heterocycles. The zero-order valence-electron chi connectivity index (χ0n) is 13.3. The highest BCUT2D eigenvalue weighted by Crippen LogP contribution is 2.15. The van der Waals surface area contributed by atoms with E-state index in [0.717, 1.165) is 25.5 Å². The first-order valence-corrected chi connectivity index (χ1v) is 9.36. The summed E-state index contributed by atoms with van der Waals surface area (Å²) in [5, 5.41) is 3.41. The Balaban J connectivity index is 0.00000400. The van der Waals surface area contributed by atoms with Gasteiger partial charge in [-0.2, -0.15) is 11.8 Å². The summed E-state index contributed by atoms with van der Waals surface area (Å²) in [7, 11) is 3.91. The number of aliphatic imine (C=N–C) groups is 1. The van der Waals surface area contributed by atoms with E-state index < -0.39 is 0 Å². The van der Waals surface area contributed by atoms with E-state index in [4.69, 9.17) is 0 Å². The van der Waals surface area contributed by atoms with Crippen molar-refractivity contribution in [1.82, 2.24) is 10.2 Å². The first-order chi connectivity index (χ1) is 9.71. The minimum atomic E-state index is 0. The third kappa shape index (κ3) is 8.21. The van der Waals surface area contributed by atoms with Crippen molar-refractivity contribution in [1.29, 1.82) is 0 Å². The van der Waals surface area contributed by atoms with Crippen LogP contribution in [0.2, 0.25) is 0 Å². The molecule has 3 nitrogen and oxygen atoms in total. The van der Waals surface area contributed by atoms with E-state index in [1.54, 1.807) is 11.8 Å². The molecule has 0 spiro atoms. The van der Waals surface area contributed by atoms with Gasteiger partial charge in [-0.3, -0.25) is 4.99 Å². The summed E-state index contributed by atoms with van der Waals surface area (Å²) < 4.78 is 0. The van der Waals surface area contributed by atoms with E-state index in [1.165, 1.54) is 16.2 Å². The first-order valence-electron chi connectivity index (χ1n) is 6.75. The Hall–Kier alpha value is -0.0800. The topological polar surface area (TPSA) is 27.6 Å². The first kappa shape index (κ1) is 20.9. The molecule has 0 amide bonds. The van der Waals surface area contributed by atoms with Gasteiger partial charge in [-0.1, -0.05) is 12.1 Å². The number of guanidine groups is 1. The Labute approximate surface area is 154 Å². The quantitative estimate of drug-likeness (QED) is 0.230. The van der Waals surface area contributed by atoms with Crippen molar-refractivity contribution < 1.29 is 0 Å². The highest BCUT2D eigenvalue weighted by Gasteiger charge is 2.06. The molecular weight excluding hydrogens is 413 g/mol. The number of rotatable bonds is 7. The lowest BCUT2D eigenvalue weighted by Crippen LogP contribution is -2.39. The van der Waals surface area contributed by atoms with Gasteiger partial charge in [-0.15, -0.1) is 35.7 Å². The van der Waals surface area contributed by atoms with Gasteiger partial charge >= 0.3 is 0 Å². The molecule has 0 aliphatic rings. The smallest absolute Gasteiger partial charge is 0.193 e. The molecule has 0 aliphatic carbocycles. The Morgan fingerprint density at radius 3 is 2.43 bits per heavy atom. The van der Waals surface area contributed by atoms with Crippen molar-refractivity contribution in [2.45, 2.75) is 17.9 Å².